The fraction of sp³-hybridized carbons (Fsp3) is 0.400. The van der Waals surface area contributed by atoms with Gasteiger partial charge in [-0.25, -0.2) is 13.6 Å². The number of halogens is 2. The Balaban J connectivity index is 1.73. The van der Waals surface area contributed by atoms with E-state index in [0.717, 1.165) is 0 Å². The Kier molecular flexibility index (Phi) is 5.40. The summed E-state index contributed by atoms with van der Waals surface area (Å²) in [6.45, 7) is 6.51. The Hall–Kier alpha value is -2.90. The Morgan fingerprint density at radius 2 is 1.71 bits per heavy atom. The number of furan rings is 1. The maximum Gasteiger partial charge on any atom is 0.410 e. The van der Waals surface area contributed by atoms with Crippen molar-refractivity contribution in [3.05, 3.63) is 41.7 Å². The van der Waals surface area contributed by atoms with Gasteiger partial charge in [0.2, 0.25) is 0 Å². The predicted octanol–water partition coefficient (Wildman–Crippen LogP) is 4.09. The molecule has 0 unspecified atom stereocenters. The molecule has 2 heterocycles. The second-order valence-electron chi connectivity index (χ2n) is 7.56. The van der Waals surface area contributed by atoms with Gasteiger partial charge < -0.3 is 19.0 Å². The number of benzene rings is 1. The average molecular weight is 392 g/mol. The lowest BCUT2D eigenvalue weighted by atomic mass is 10.1. The fourth-order valence-corrected chi connectivity index (χ4v) is 3.02. The van der Waals surface area contributed by atoms with E-state index in [1.54, 1.807) is 25.7 Å². The minimum Gasteiger partial charge on any atom is -0.453 e. The zero-order valence-corrected chi connectivity index (χ0v) is 16.0. The fourth-order valence-electron chi connectivity index (χ4n) is 3.02. The van der Waals surface area contributed by atoms with Gasteiger partial charge in [0.15, 0.2) is 12.0 Å². The second-order valence-corrected chi connectivity index (χ2v) is 7.56. The molecule has 6 nitrogen and oxygen atoms in total. The number of carbonyl (C=O) groups excluding carboxylic acids is 2. The van der Waals surface area contributed by atoms with Crippen molar-refractivity contribution in [1.82, 2.24) is 4.90 Å². The van der Waals surface area contributed by atoms with E-state index in [0.29, 0.717) is 19.4 Å². The summed E-state index contributed by atoms with van der Waals surface area (Å²) in [5.41, 5.74) is -0.535. The maximum atomic E-state index is 14.6. The van der Waals surface area contributed by atoms with Gasteiger partial charge >= 0.3 is 6.09 Å². The molecule has 2 aromatic rings. The van der Waals surface area contributed by atoms with E-state index in [4.69, 9.17) is 9.15 Å². The van der Waals surface area contributed by atoms with E-state index in [1.807, 2.05) is 0 Å². The van der Waals surface area contributed by atoms with Gasteiger partial charge in [-0.15, -0.1) is 0 Å². The average Bonchev–Trinajstić information content (AvgIpc) is 3.09. The van der Waals surface area contributed by atoms with Gasteiger partial charge in [-0.2, -0.15) is 0 Å². The molecule has 3 rings (SSSR count). The van der Waals surface area contributed by atoms with Crippen molar-refractivity contribution in [3.8, 4) is 11.3 Å². The van der Waals surface area contributed by atoms with Crippen LogP contribution in [0.1, 0.15) is 31.3 Å². The van der Waals surface area contributed by atoms with E-state index in [1.165, 1.54) is 29.2 Å². The second kappa shape index (κ2) is 7.61. The third-order valence-corrected chi connectivity index (χ3v) is 4.29. The van der Waals surface area contributed by atoms with Crippen LogP contribution in [0.5, 0.6) is 0 Å². The highest BCUT2D eigenvalue weighted by Gasteiger charge is 2.28. The van der Waals surface area contributed by atoms with Crippen LogP contribution in [-0.4, -0.2) is 49.1 Å². The molecule has 1 amide bonds. The minimum absolute atomic E-state index is 0.0816. The molecule has 1 aliphatic heterocycles. The first kappa shape index (κ1) is 19.9. The van der Waals surface area contributed by atoms with Crippen molar-refractivity contribution in [1.29, 1.82) is 0 Å². The number of piperazine rings is 1. The molecular weight excluding hydrogens is 370 g/mol. The van der Waals surface area contributed by atoms with Gasteiger partial charge in [-0.3, -0.25) is 4.79 Å². The van der Waals surface area contributed by atoms with Crippen LogP contribution >= 0.6 is 0 Å². The molecule has 0 saturated carbocycles. The van der Waals surface area contributed by atoms with Gasteiger partial charge in [0.1, 0.15) is 28.7 Å². The Bertz CT molecular complexity index is 858. The van der Waals surface area contributed by atoms with E-state index in [9.17, 15) is 18.4 Å². The number of aldehydes is 1. The van der Waals surface area contributed by atoms with Crippen LogP contribution in [0.3, 0.4) is 0 Å². The predicted molar refractivity (Wildman–Crippen MR) is 99.5 cm³/mol. The first-order chi connectivity index (χ1) is 13.2. The van der Waals surface area contributed by atoms with Crippen LogP contribution in [0.15, 0.2) is 28.7 Å². The van der Waals surface area contributed by atoms with E-state index >= 15 is 0 Å². The van der Waals surface area contributed by atoms with Crippen molar-refractivity contribution in [2.75, 3.05) is 31.1 Å². The lowest BCUT2D eigenvalue weighted by molar-refractivity contribution is 0.0240. The lowest BCUT2D eigenvalue weighted by Crippen LogP contribution is -2.50. The molecule has 1 fully saturated rings. The van der Waals surface area contributed by atoms with Crippen LogP contribution < -0.4 is 4.90 Å². The summed E-state index contributed by atoms with van der Waals surface area (Å²) in [5, 5.41) is 0. The monoisotopic (exact) mass is 392 g/mol. The summed E-state index contributed by atoms with van der Waals surface area (Å²) in [6.07, 6.45) is 0.0848. The number of carbonyl (C=O) groups is 2. The molecule has 1 aromatic carbocycles. The zero-order chi connectivity index (χ0) is 20.5. The maximum absolute atomic E-state index is 14.6. The molecule has 1 aromatic heterocycles. The molecule has 0 spiro atoms. The Morgan fingerprint density at radius 3 is 2.21 bits per heavy atom. The number of hydrogen-bond donors (Lipinski definition) is 0. The zero-order valence-electron chi connectivity index (χ0n) is 16.0. The van der Waals surface area contributed by atoms with Crippen molar-refractivity contribution in [3.63, 3.8) is 0 Å². The number of rotatable bonds is 3. The number of nitrogens with zero attached hydrogens (tertiary/aromatic N) is 2. The quantitative estimate of drug-likeness (QED) is 0.736. The molecule has 0 aliphatic carbocycles. The van der Waals surface area contributed by atoms with Crippen molar-refractivity contribution >= 4 is 18.1 Å². The Labute approximate surface area is 161 Å². The summed E-state index contributed by atoms with van der Waals surface area (Å²) < 4.78 is 39.8. The molecule has 0 atom stereocenters. The van der Waals surface area contributed by atoms with Gasteiger partial charge in [0.05, 0.1) is 0 Å². The molecule has 8 heteroatoms. The number of ether oxygens (including phenoxy) is 1. The largest absolute Gasteiger partial charge is 0.453 e. The lowest BCUT2D eigenvalue weighted by Gasteiger charge is -2.37. The van der Waals surface area contributed by atoms with Gasteiger partial charge in [0, 0.05) is 31.7 Å². The van der Waals surface area contributed by atoms with Crippen molar-refractivity contribution < 1.29 is 27.5 Å². The third kappa shape index (κ3) is 4.32. The van der Waals surface area contributed by atoms with Crippen LogP contribution in [0.4, 0.5) is 19.3 Å². The van der Waals surface area contributed by atoms with Crippen molar-refractivity contribution in [2.45, 2.75) is 26.4 Å². The summed E-state index contributed by atoms with van der Waals surface area (Å²) >= 11 is 0. The summed E-state index contributed by atoms with van der Waals surface area (Å²) in [7, 11) is 0. The molecule has 1 saturated heterocycles. The molecule has 0 bridgehead atoms. The standard InChI is InChI=1S/C20H22F2N2O4/c1-20(2,3)28-19(26)24-8-6-23(7-9-24)18-15(21)10-13(11-16(18)22)17-5-4-14(12-25)27-17/h4-5,10-12H,6-9H2,1-3H3. The summed E-state index contributed by atoms with van der Waals surface area (Å²) in [5.74, 6) is -1.17. The highest BCUT2D eigenvalue weighted by atomic mass is 19.1. The third-order valence-electron chi connectivity index (χ3n) is 4.29. The molecule has 28 heavy (non-hydrogen) atoms. The first-order valence-electron chi connectivity index (χ1n) is 8.95. The van der Waals surface area contributed by atoms with Gasteiger partial charge in [-0.05, 0) is 45.0 Å². The van der Waals surface area contributed by atoms with Crippen LogP contribution in [-0.2, 0) is 4.74 Å². The molecule has 1 aliphatic rings. The SMILES string of the molecule is CC(C)(C)OC(=O)N1CCN(c2c(F)cc(-c3ccc(C=O)o3)cc2F)CC1. The normalized spacial score (nSPS) is 14.9. The number of hydrogen-bond acceptors (Lipinski definition) is 5. The topological polar surface area (TPSA) is 63.0 Å². The van der Waals surface area contributed by atoms with Crippen LogP contribution in [0, 0.1) is 11.6 Å². The highest BCUT2D eigenvalue weighted by molar-refractivity contribution is 5.73. The van der Waals surface area contributed by atoms with E-state index < -0.39 is 23.3 Å². The minimum atomic E-state index is -0.732. The number of anilines is 1. The smallest absolute Gasteiger partial charge is 0.410 e. The van der Waals surface area contributed by atoms with E-state index in [-0.39, 0.29) is 35.9 Å². The highest BCUT2D eigenvalue weighted by Crippen LogP contribution is 2.31. The van der Waals surface area contributed by atoms with Gasteiger partial charge in [0.25, 0.3) is 0 Å². The van der Waals surface area contributed by atoms with E-state index in [2.05, 4.69) is 0 Å². The first-order valence-corrected chi connectivity index (χ1v) is 8.95. The van der Waals surface area contributed by atoms with Gasteiger partial charge in [-0.1, -0.05) is 0 Å². The summed E-state index contributed by atoms with van der Waals surface area (Å²) in [4.78, 5) is 25.9. The van der Waals surface area contributed by atoms with Crippen molar-refractivity contribution in [2.24, 2.45) is 0 Å². The molecule has 150 valence electrons. The summed E-state index contributed by atoms with van der Waals surface area (Å²) in [6, 6.07) is 5.26. The number of amides is 1. The molecule has 0 radical (unpaired) electrons. The molecule has 0 N–H and O–H groups in total. The molecular formula is C20H22F2N2O4. The van der Waals surface area contributed by atoms with Crippen LogP contribution in [0.25, 0.3) is 11.3 Å². The Morgan fingerprint density at radius 1 is 1.11 bits per heavy atom. The van der Waals surface area contributed by atoms with Crippen LogP contribution in [0.2, 0.25) is 0 Å².